The largest absolute Gasteiger partial charge is 0.206 e. The summed E-state index contributed by atoms with van der Waals surface area (Å²) >= 11 is 2.92. The van der Waals surface area contributed by atoms with Gasteiger partial charge in [-0.1, -0.05) is 29.5 Å². The Morgan fingerprint density at radius 2 is 1.61 bits per heavy atom. The summed E-state index contributed by atoms with van der Waals surface area (Å²) < 4.78 is 26.9. The zero-order valence-electron chi connectivity index (χ0n) is 9.60. The second kappa shape index (κ2) is 5.32. The van der Waals surface area contributed by atoms with Crippen molar-refractivity contribution >= 4 is 15.9 Å². The molecular weight excluding hydrogens is 298 g/mol. The number of benzene rings is 2. The van der Waals surface area contributed by atoms with Crippen molar-refractivity contribution in [1.29, 1.82) is 0 Å². The van der Waals surface area contributed by atoms with E-state index >= 15 is 0 Å². The number of halogens is 3. The maximum atomic E-state index is 13.5. The Morgan fingerprint density at radius 1 is 0.944 bits per heavy atom. The molecule has 0 aliphatic rings. The molecule has 0 bridgehead atoms. The highest BCUT2D eigenvalue weighted by Crippen LogP contribution is 2.19. The van der Waals surface area contributed by atoms with Crippen LogP contribution in [0, 0.1) is 30.4 Å². The molecule has 0 aromatic heterocycles. The molecule has 0 unspecified atom stereocenters. The molecule has 2 rings (SSSR count). The second-order valence-electron chi connectivity index (χ2n) is 3.86. The summed E-state index contributed by atoms with van der Waals surface area (Å²) in [6.45, 7) is 1.97. The molecule has 0 heterocycles. The van der Waals surface area contributed by atoms with E-state index < -0.39 is 11.6 Å². The van der Waals surface area contributed by atoms with Crippen molar-refractivity contribution < 1.29 is 8.78 Å². The first kappa shape index (κ1) is 12.8. The van der Waals surface area contributed by atoms with E-state index in [2.05, 4.69) is 27.8 Å². The number of aryl methyl sites for hydroxylation is 1. The normalized spacial score (nSPS) is 9.78. The maximum absolute atomic E-state index is 13.5. The molecule has 0 atom stereocenters. The van der Waals surface area contributed by atoms with Gasteiger partial charge in [0.2, 0.25) is 0 Å². The van der Waals surface area contributed by atoms with E-state index in [-0.39, 0.29) is 10.0 Å². The molecule has 18 heavy (non-hydrogen) atoms. The third-order valence-electron chi connectivity index (χ3n) is 2.40. The average molecular weight is 307 g/mol. The molecule has 0 saturated carbocycles. The van der Waals surface area contributed by atoms with E-state index in [4.69, 9.17) is 0 Å². The van der Waals surface area contributed by atoms with Gasteiger partial charge in [-0.15, -0.1) is 0 Å². The molecule has 0 N–H and O–H groups in total. The molecule has 90 valence electrons. The fraction of sp³-hybridized carbons (Fsp3) is 0.0667. The summed E-state index contributed by atoms with van der Waals surface area (Å²) in [5.41, 5.74) is 1.95. The smallest absolute Gasteiger partial charge is 0.140 e. The van der Waals surface area contributed by atoms with Crippen molar-refractivity contribution in [2.75, 3.05) is 0 Å². The van der Waals surface area contributed by atoms with Gasteiger partial charge < -0.3 is 0 Å². The van der Waals surface area contributed by atoms with E-state index in [1.165, 1.54) is 0 Å². The van der Waals surface area contributed by atoms with Gasteiger partial charge >= 0.3 is 0 Å². The molecule has 0 nitrogen and oxygen atoms in total. The van der Waals surface area contributed by atoms with Crippen molar-refractivity contribution in [1.82, 2.24) is 0 Å². The quantitative estimate of drug-likeness (QED) is 0.499. The highest BCUT2D eigenvalue weighted by atomic mass is 79.9. The lowest BCUT2D eigenvalue weighted by molar-refractivity contribution is 0.592. The first-order valence-corrected chi connectivity index (χ1v) is 6.09. The number of hydrogen-bond donors (Lipinski definition) is 0. The van der Waals surface area contributed by atoms with Crippen LogP contribution in [0.25, 0.3) is 0 Å². The van der Waals surface area contributed by atoms with E-state index in [0.717, 1.165) is 23.3 Å². The zero-order chi connectivity index (χ0) is 13.1. The van der Waals surface area contributed by atoms with Crippen LogP contribution in [0.4, 0.5) is 8.78 Å². The standard InChI is InChI=1S/C15H9BrF2/c1-10-2-4-11(5-3-10)6-7-12-8-15(18)13(16)9-14(12)17/h2-5,8-9H,1H3. The Balaban J connectivity index is 2.35. The van der Waals surface area contributed by atoms with Crippen LogP contribution >= 0.6 is 15.9 Å². The van der Waals surface area contributed by atoms with Crippen LogP contribution in [0.3, 0.4) is 0 Å². The van der Waals surface area contributed by atoms with Crippen molar-refractivity contribution in [3.63, 3.8) is 0 Å². The topological polar surface area (TPSA) is 0 Å². The fourth-order valence-corrected chi connectivity index (χ4v) is 1.71. The van der Waals surface area contributed by atoms with E-state index in [1.807, 2.05) is 31.2 Å². The van der Waals surface area contributed by atoms with Gasteiger partial charge in [0.25, 0.3) is 0 Å². The lowest BCUT2D eigenvalue weighted by Crippen LogP contribution is -1.88. The van der Waals surface area contributed by atoms with Gasteiger partial charge in [0, 0.05) is 5.56 Å². The zero-order valence-corrected chi connectivity index (χ0v) is 11.2. The van der Waals surface area contributed by atoms with Crippen molar-refractivity contribution in [3.05, 3.63) is 69.2 Å². The predicted molar refractivity (Wildman–Crippen MR) is 71.2 cm³/mol. The Bertz CT molecular complexity index is 634. The van der Waals surface area contributed by atoms with Crippen LogP contribution in [-0.2, 0) is 0 Å². The van der Waals surface area contributed by atoms with Gasteiger partial charge in [-0.3, -0.25) is 0 Å². The molecule has 0 spiro atoms. The fourth-order valence-electron chi connectivity index (χ4n) is 1.39. The van der Waals surface area contributed by atoms with E-state index in [0.29, 0.717) is 0 Å². The first-order chi connectivity index (χ1) is 8.56. The predicted octanol–water partition coefficient (Wildman–Crippen LogP) is 4.44. The Hall–Kier alpha value is -1.66. The van der Waals surface area contributed by atoms with Crippen LogP contribution in [-0.4, -0.2) is 0 Å². The van der Waals surface area contributed by atoms with Crippen LogP contribution in [0.2, 0.25) is 0 Å². The molecule has 0 aliphatic heterocycles. The van der Waals surface area contributed by atoms with Crippen molar-refractivity contribution in [2.45, 2.75) is 6.92 Å². The molecule has 0 fully saturated rings. The lowest BCUT2D eigenvalue weighted by Gasteiger charge is -1.97. The van der Waals surface area contributed by atoms with Crippen LogP contribution in [0.5, 0.6) is 0 Å². The maximum Gasteiger partial charge on any atom is 0.140 e. The minimum Gasteiger partial charge on any atom is -0.206 e. The highest BCUT2D eigenvalue weighted by Gasteiger charge is 2.05. The van der Waals surface area contributed by atoms with Gasteiger partial charge in [-0.05, 0) is 47.1 Å². The Morgan fingerprint density at radius 3 is 2.28 bits per heavy atom. The molecule has 2 aromatic rings. The highest BCUT2D eigenvalue weighted by molar-refractivity contribution is 9.10. The minimum atomic E-state index is -0.539. The van der Waals surface area contributed by atoms with Gasteiger partial charge in [0.05, 0.1) is 10.0 Å². The Labute approximate surface area is 113 Å². The summed E-state index contributed by atoms with van der Waals surface area (Å²) in [6, 6.07) is 9.69. The summed E-state index contributed by atoms with van der Waals surface area (Å²) in [7, 11) is 0. The average Bonchev–Trinajstić information content (AvgIpc) is 2.34. The van der Waals surface area contributed by atoms with Crippen molar-refractivity contribution in [2.24, 2.45) is 0 Å². The third kappa shape index (κ3) is 2.96. The van der Waals surface area contributed by atoms with Crippen molar-refractivity contribution in [3.8, 4) is 11.8 Å². The molecule has 0 saturated heterocycles. The molecule has 0 amide bonds. The monoisotopic (exact) mass is 306 g/mol. The van der Waals surface area contributed by atoms with Gasteiger partial charge in [0.15, 0.2) is 0 Å². The third-order valence-corrected chi connectivity index (χ3v) is 3.01. The summed E-state index contributed by atoms with van der Waals surface area (Å²) in [4.78, 5) is 0. The van der Waals surface area contributed by atoms with Crippen LogP contribution in [0.1, 0.15) is 16.7 Å². The summed E-state index contributed by atoms with van der Waals surface area (Å²) in [5.74, 6) is 4.37. The summed E-state index contributed by atoms with van der Waals surface area (Å²) in [5, 5.41) is 0. The molecule has 0 radical (unpaired) electrons. The van der Waals surface area contributed by atoms with E-state index in [1.54, 1.807) is 0 Å². The SMILES string of the molecule is Cc1ccc(C#Cc2cc(F)c(Br)cc2F)cc1. The van der Waals surface area contributed by atoms with Crippen LogP contribution < -0.4 is 0 Å². The van der Waals surface area contributed by atoms with Gasteiger partial charge in [-0.25, -0.2) is 8.78 Å². The van der Waals surface area contributed by atoms with E-state index in [9.17, 15) is 8.78 Å². The molecule has 3 heteroatoms. The van der Waals surface area contributed by atoms with Gasteiger partial charge in [-0.2, -0.15) is 0 Å². The molecule has 0 aliphatic carbocycles. The Kier molecular flexibility index (Phi) is 3.78. The molecular formula is C15H9BrF2. The first-order valence-electron chi connectivity index (χ1n) is 5.29. The lowest BCUT2D eigenvalue weighted by atomic mass is 10.1. The summed E-state index contributed by atoms with van der Waals surface area (Å²) in [6.07, 6.45) is 0. The van der Waals surface area contributed by atoms with Gasteiger partial charge in [0.1, 0.15) is 11.6 Å². The number of rotatable bonds is 0. The molecule has 2 aromatic carbocycles. The van der Waals surface area contributed by atoms with Crippen LogP contribution in [0.15, 0.2) is 40.9 Å². The number of hydrogen-bond acceptors (Lipinski definition) is 0. The second-order valence-corrected chi connectivity index (χ2v) is 4.72. The minimum absolute atomic E-state index is 0.0521.